The molecule has 2 aliphatic rings. The maximum absolute atomic E-state index is 12.2. The molecule has 1 unspecified atom stereocenters. The predicted molar refractivity (Wildman–Crippen MR) is 81.4 cm³/mol. The molecule has 1 fully saturated rings. The van der Waals surface area contributed by atoms with E-state index >= 15 is 0 Å². The Morgan fingerprint density at radius 2 is 2.09 bits per heavy atom. The van der Waals surface area contributed by atoms with Crippen LogP contribution >= 0.6 is 0 Å². The first kappa shape index (κ1) is 13.6. The Labute approximate surface area is 127 Å². The molecule has 6 heteroatoms. The SMILES string of the molecule is O=c1[nH]c2cc3c(cc2cc1CNCC1CCCO1)OCO3. The maximum Gasteiger partial charge on any atom is 0.252 e. The van der Waals surface area contributed by atoms with Crippen molar-refractivity contribution in [2.45, 2.75) is 25.5 Å². The molecule has 1 aromatic heterocycles. The minimum absolute atomic E-state index is 0.0776. The molecule has 1 saturated heterocycles. The summed E-state index contributed by atoms with van der Waals surface area (Å²) in [6.45, 7) is 2.37. The molecule has 22 heavy (non-hydrogen) atoms. The Balaban J connectivity index is 1.54. The van der Waals surface area contributed by atoms with Gasteiger partial charge in [-0.25, -0.2) is 0 Å². The first-order valence-corrected chi connectivity index (χ1v) is 7.57. The molecule has 2 aromatic rings. The van der Waals surface area contributed by atoms with Crippen LogP contribution < -0.4 is 20.3 Å². The number of benzene rings is 1. The average molecular weight is 302 g/mol. The Hall–Kier alpha value is -2.05. The van der Waals surface area contributed by atoms with Gasteiger partial charge in [-0.3, -0.25) is 4.79 Å². The smallest absolute Gasteiger partial charge is 0.252 e. The molecule has 2 N–H and O–H groups in total. The van der Waals surface area contributed by atoms with Crippen LogP contribution in [0.4, 0.5) is 0 Å². The number of H-pyrrole nitrogens is 1. The van der Waals surface area contributed by atoms with Crippen LogP contribution in [0.3, 0.4) is 0 Å². The molecule has 0 amide bonds. The molecule has 0 saturated carbocycles. The molecule has 0 aliphatic carbocycles. The van der Waals surface area contributed by atoms with Gasteiger partial charge in [0.1, 0.15) is 0 Å². The van der Waals surface area contributed by atoms with Gasteiger partial charge in [-0.1, -0.05) is 0 Å². The lowest BCUT2D eigenvalue weighted by Gasteiger charge is -2.10. The van der Waals surface area contributed by atoms with Crippen molar-refractivity contribution in [3.05, 3.63) is 34.1 Å². The van der Waals surface area contributed by atoms with E-state index in [1.165, 1.54) is 0 Å². The number of pyridine rings is 1. The molecule has 1 atom stereocenters. The Kier molecular flexibility index (Phi) is 3.48. The summed E-state index contributed by atoms with van der Waals surface area (Å²) in [5.41, 5.74) is 1.40. The Morgan fingerprint density at radius 3 is 2.91 bits per heavy atom. The highest BCUT2D eigenvalue weighted by molar-refractivity contribution is 5.83. The summed E-state index contributed by atoms with van der Waals surface area (Å²) >= 11 is 0. The van der Waals surface area contributed by atoms with Crippen LogP contribution in [0.5, 0.6) is 11.5 Å². The van der Waals surface area contributed by atoms with E-state index in [1.807, 2.05) is 18.2 Å². The van der Waals surface area contributed by atoms with Crippen LogP contribution in [0.2, 0.25) is 0 Å². The fraction of sp³-hybridized carbons (Fsp3) is 0.438. The standard InChI is InChI=1S/C16H18N2O4/c19-16-11(7-17-8-12-2-1-3-20-12)4-10-5-14-15(22-9-21-14)6-13(10)18-16/h4-6,12,17H,1-3,7-9H2,(H,18,19). The number of hydrogen-bond acceptors (Lipinski definition) is 5. The third-order valence-electron chi connectivity index (χ3n) is 4.13. The number of aromatic amines is 1. The first-order chi connectivity index (χ1) is 10.8. The minimum Gasteiger partial charge on any atom is -0.454 e. The van der Waals surface area contributed by atoms with E-state index < -0.39 is 0 Å². The highest BCUT2D eigenvalue weighted by Gasteiger charge is 2.16. The van der Waals surface area contributed by atoms with Crippen LogP contribution in [0.25, 0.3) is 10.9 Å². The monoisotopic (exact) mass is 302 g/mol. The molecule has 2 aliphatic heterocycles. The second-order valence-corrected chi connectivity index (χ2v) is 5.68. The van der Waals surface area contributed by atoms with Gasteiger partial charge in [0.25, 0.3) is 5.56 Å². The van der Waals surface area contributed by atoms with Gasteiger partial charge >= 0.3 is 0 Å². The quantitative estimate of drug-likeness (QED) is 0.896. The number of nitrogens with one attached hydrogen (secondary N) is 2. The summed E-state index contributed by atoms with van der Waals surface area (Å²) < 4.78 is 16.3. The van der Waals surface area contributed by atoms with Gasteiger partial charge in [0.05, 0.1) is 11.6 Å². The number of ether oxygens (including phenoxy) is 3. The van der Waals surface area contributed by atoms with Crippen LogP contribution in [0.15, 0.2) is 23.0 Å². The van der Waals surface area contributed by atoms with Crippen molar-refractivity contribution >= 4 is 10.9 Å². The zero-order valence-electron chi connectivity index (χ0n) is 12.2. The van der Waals surface area contributed by atoms with Crippen LogP contribution in [-0.4, -0.2) is 31.0 Å². The van der Waals surface area contributed by atoms with Crippen molar-refractivity contribution in [2.24, 2.45) is 0 Å². The summed E-state index contributed by atoms with van der Waals surface area (Å²) in [6.07, 6.45) is 2.48. The van der Waals surface area contributed by atoms with Crippen molar-refractivity contribution in [2.75, 3.05) is 19.9 Å². The van der Waals surface area contributed by atoms with Gasteiger partial charge in [-0.15, -0.1) is 0 Å². The van der Waals surface area contributed by atoms with Crippen molar-refractivity contribution in [1.82, 2.24) is 10.3 Å². The third kappa shape index (κ3) is 2.55. The van der Waals surface area contributed by atoms with Gasteiger partial charge in [-0.05, 0) is 25.0 Å². The van der Waals surface area contributed by atoms with Crippen LogP contribution in [0.1, 0.15) is 18.4 Å². The van der Waals surface area contributed by atoms with E-state index in [9.17, 15) is 4.79 Å². The number of fused-ring (bicyclic) bond motifs is 2. The average Bonchev–Trinajstić information content (AvgIpc) is 3.16. The van der Waals surface area contributed by atoms with Gasteiger partial charge in [0.2, 0.25) is 6.79 Å². The van der Waals surface area contributed by atoms with Crippen molar-refractivity contribution in [1.29, 1.82) is 0 Å². The first-order valence-electron chi connectivity index (χ1n) is 7.57. The summed E-state index contributed by atoms with van der Waals surface area (Å²) in [5, 5.41) is 4.24. The lowest BCUT2D eigenvalue weighted by atomic mass is 10.1. The maximum atomic E-state index is 12.2. The number of hydrogen-bond donors (Lipinski definition) is 2. The van der Waals surface area contributed by atoms with Gasteiger partial charge in [0, 0.05) is 36.7 Å². The van der Waals surface area contributed by atoms with Crippen molar-refractivity contribution < 1.29 is 14.2 Å². The Morgan fingerprint density at radius 1 is 1.23 bits per heavy atom. The van der Waals surface area contributed by atoms with E-state index in [0.29, 0.717) is 17.9 Å². The summed E-state index contributed by atoms with van der Waals surface area (Å²) in [7, 11) is 0. The molecule has 0 radical (unpaired) electrons. The fourth-order valence-corrected chi connectivity index (χ4v) is 2.95. The highest BCUT2D eigenvalue weighted by atomic mass is 16.7. The summed E-state index contributed by atoms with van der Waals surface area (Å²) in [5.74, 6) is 1.39. The second-order valence-electron chi connectivity index (χ2n) is 5.68. The van der Waals surface area contributed by atoms with Gasteiger partial charge < -0.3 is 24.5 Å². The number of aromatic nitrogens is 1. The van der Waals surface area contributed by atoms with Crippen LogP contribution in [0, 0.1) is 0 Å². The van der Waals surface area contributed by atoms with Gasteiger partial charge in [0.15, 0.2) is 11.5 Å². The molecule has 4 rings (SSSR count). The summed E-state index contributed by atoms with van der Waals surface area (Å²) in [6, 6.07) is 5.61. The molecular formula is C16H18N2O4. The second kappa shape index (κ2) is 5.62. The molecule has 3 heterocycles. The third-order valence-corrected chi connectivity index (χ3v) is 4.13. The molecular weight excluding hydrogens is 284 g/mol. The zero-order chi connectivity index (χ0) is 14.9. The van der Waals surface area contributed by atoms with E-state index in [1.54, 1.807) is 0 Å². The van der Waals surface area contributed by atoms with E-state index in [0.717, 1.165) is 42.6 Å². The van der Waals surface area contributed by atoms with E-state index in [4.69, 9.17) is 14.2 Å². The van der Waals surface area contributed by atoms with Crippen molar-refractivity contribution in [3.8, 4) is 11.5 Å². The van der Waals surface area contributed by atoms with E-state index in [2.05, 4.69) is 10.3 Å². The van der Waals surface area contributed by atoms with Crippen molar-refractivity contribution in [3.63, 3.8) is 0 Å². The van der Waals surface area contributed by atoms with E-state index in [-0.39, 0.29) is 18.5 Å². The minimum atomic E-state index is -0.0776. The Bertz CT molecular complexity index is 750. The fourth-order valence-electron chi connectivity index (χ4n) is 2.95. The summed E-state index contributed by atoms with van der Waals surface area (Å²) in [4.78, 5) is 15.1. The normalized spacial score (nSPS) is 19.9. The molecule has 0 spiro atoms. The van der Waals surface area contributed by atoms with Crippen LogP contribution in [-0.2, 0) is 11.3 Å². The predicted octanol–water partition coefficient (Wildman–Crippen LogP) is 1.53. The molecule has 116 valence electrons. The molecule has 0 bridgehead atoms. The molecule has 6 nitrogen and oxygen atoms in total. The largest absolute Gasteiger partial charge is 0.454 e. The zero-order valence-corrected chi connectivity index (χ0v) is 12.2. The van der Waals surface area contributed by atoms with Gasteiger partial charge in [-0.2, -0.15) is 0 Å². The topological polar surface area (TPSA) is 72.6 Å². The number of rotatable bonds is 4. The lowest BCUT2D eigenvalue weighted by molar-refractivity contribution is 0.110. The molecule has 1 aromatic carbocycles. The highest BCUT2D eigenvalue weighted by Crippen LogP contribution is 2.35. The lowest BCUT2D eigenvalue weighted by Crippen LogP contribution is -2.28.